The molecule has 0 spiro atoms. The van der Waals surface area contributed by atoms with Crippen LogP contribution in [0.3, 0.4) is 0 Å². The zero-order valence-corrected chi connectivity index (χ0v) is 9.71. The van der Waals surface area contributed by atoms with E-state index in [0.717, 1.165) is 17.9 Å². The molecule has 0 heterocycles. The molecule has 0 bridgehead atoms. The summed E-state index contributed by atoms with van der Waals surface area (Å²) in [6.45, 7) is 11.9. The fraction of sp³-hybridized carbons (Fsp3) is 1.00. The lowest BCUT2D eigenvalue weighted by molar-refractivity contribution is 0.174. The van der Waals surface area contributed by atoms with Crippen molar-refractivity contribution in [1.29, 1.82) is 0 Å². The molecule has 1 saturated carbocycles. The van der Waals surface area contributed by atoms with E-state index in [9.17, 15) is 0 Å². The SMILES string of the molecule is CCC(C)N(CC(C)C)CC1CC1. The van der Waals surface area contributed by atoms with Gasteiger partial charge in [-0.25, -0.2) is 0 Å². The van der Waals surface area contributed by atoms with E-state index in [0.29, 0.717) is 0 Å². The fourth-order valence-electron chi connectivity index (χ4n) is 1.79. The van der Waals surface area contributed by atoms with Crippen LogP contribution in [0.25, 0.3) is 0 Å². The Labute approximate surface area is 83.5 Å². The lowest BCUT2D eigenvalue weighted by Crippen LogP contribution is -2.37. The zero-order valence-electron chi connectivity index (χ0n) is 9.71. The van der Waals surface area contributed by atoms with Crippen molar-refractivity contribution in [3.63, 3.8) is 0 Å². The summed E-state index contributed by atoms with van der Waals surface area (Å²) in [5.74, 6) is 1.85. The van der Waals surface area contributed by atoms with Gasteiger partial charge in [-0.3, -0.25) is 0 Å². The summed E-state index contributed by atoms with van der Waals surface area (Å²) in [5, 5.41) is 0. The minimum absolute atomic E-state index is 0.781. The Morgan fingerprint density at radius 2 is 1.85 bits per heavy atom. The molecule has 1 aliphatic carbocycles. The number of hydrogen-bond acceptors (Lipinski definition) is 1. The molecular formula is C12H25N. The van der Waals surface area contributed by atoms with Crippen LogP contribution >= 0.6 is 0 Å². The molecule has 0 N–H and O–H groups in total. The Bertz CT molecular complexity index is 134. The molecule has 0 amide bonds. The van der Waals surface area contributed by atoms with Gasteiger partial charge in [0, 0.05) is 19.1 Å². The average molecular weight is 183 g/mol. The van der Waals surface area contributed by atoms with Crippen LogP contribution in [-0.2, 0) is 0 Å². The van der Waals surface area contributed by atoms with Crippen molar-refractivity contribution in [2.75, 3.05) is 13.1 Å². The Morgan fingerprint density at radius 3 is 2.23 bits per heavy atom. The van der Waals surface area contributed by atoms with E-state index in [1.165, 1.54) is 32.4 Å². The quantitative estimate of drug-likeness (QED) is 0.611. The molecule has 0 aromatic heterocycles. The summed E-state index contributed by atoms with van der Waals surface area (Å²) >= 11 is 0. The van der Waals surface area contributed by atoms with E-state index in [1.54, 1.807) is 0 Å². The van der Waals surface area contributed by atoms with E-state index in [-0.39, 0.29) is 0 Å². The molecule has 1 nitrogen and oxygen atoms in total. The van der Waals surface area contributed by atoms with Crippen LogP contribution < -0.4 is 0 Å². The van der Waals surface area contributed by atoms with Crippen LogP contribution in [-0.4, -0.2) is 24.0 Å². The van der Waals surface area contributed by atoms with Gasteiger partial charge in [-0.15, -0.1) is 0 Å². The summed E-state index contributed by atoms with van der Waals surface area (Å²) in [7, 11) is 0. The monoisotopic (exact) mass is 183 g/mol. The first-order chi connectivity index (χ1) is 6.13. The van der Waals surface area contributed by atoms with Crippen LogP contribution in [0.2, 0.25) is 0 Å². The first kappa shape index (κ1) is 11.0. The summed E-state index contributed by atoms with van der Waals surface area (Å²) in [4.78, 5) is 2.68. The van der Waals surface area contributed by atoms with Crippen LogP contribution in [0.15, 0.2) is 0 Å². The molecule has 78 valence electrons. The molecule has 1 rings (SSSR count). The maximum Gasteiger partial charge on any atom is 0.00645 e. The highest BCUT2D eigenvalue weighted by atomic mass is 15.2. The van der Waals surface area contributed by atoms with Crippen molar-refractivity contribution < 1.29 is 0 Å². The highest BCUT2D eigenvalue weighted by Crippen LogP contribution is 2.30. The maximum atomic E-state index is 2.68. The van der Waals surface area contributed by atoms with Crippen molar-refractivity contribution in [2.24, 2.45) is 11.8 Å². The second kappa shape index (κ2) is 4.99. The molecule has 1 unspecified atom stereocenters. The van der Waals surface area contributed by atoms with Gasteiger partial charge < -0.3 is 4.90 Å². The first-order valence-electron chi connectivity index (χ1n) is 5.87. The maximum absolute atomic E-state index is 2.68. The minimum Gasteiger partial charge on any atom is -0.300 e. The third kappa shape index (κ3) is 4.12. The minimum atomic E-state index is 0.781. The number of nitrogens with zero attached hydrogens (tertiary/aromatic N) is 1. The summed E-state index contributed by atoms with van der Waals surface area (Å²) in [5.41, 5.74) is 0. The third-order valence-corrected chi connectivity index (χ3v) is 3.00. The van der Waals surface area contributed by atoms with Gasteiger partial charge in [0.2, 0.25) is 0 Å². The van der Waals surface area contributed by atoms with Crippen molar-refractivity contribution in [3.05, 3.63) is 0 Å². The van der Waals surface area contributed by atoms with Gasteiger partial charge in [-0.2, -0.15) is 0 Å². The van der Waals surface area contributed by atoms with Gasteiger partial charge in [-0.05, 0) is 38.0 Å². The second-order valence-electron chi connectivity index (χ2n) is 5.05. The molecule has 1 atom stereocenters. The van der Waals surface area contributed by atoms with Crippen molar-refractivity contribution in [1.82, 2.24) is 4.90 Å². The predicted octanol–water partition coefficient (Wildman–Crippen LogP) is 3.15. The van der Waals surface area contributed by atoms with Crippen LogP contribution in [0, 0.1) is 11.8 Å². The van der Waals surface area contributed by atoms with Gasteiger partial charge in [-0.1, -0.05) is 20.8 Å². The second-order valence-corrected chi connectivity index (χ2v) is 5.05. The van der Waals surface area contributed by atoms with E-state index in [4.69, 9.17) is 0 Å². The lowest BCUT2D eigenvalue weighted by Gasteiger charge is -2.30. The van der Waals surface area contributed by atoms with Crippen molar-refractivity contribution >= 4 is 0 Å². The largest absolute Gasteiger partial charge is 0.300 e. The predicted molar refractivity (Wildman–Crippen MR) is 58.9 cm³/mol. The molecule has 13 heavy (non-hydrogen) atoms. The van der Waals surface area contributed by atoms with Gasteiger partial charge in [0.05, 0.1) is 0 Å². The molecule has 0 saturated heterocycles. The van der Waals surface area contributed by atoms with Crippen LogP contribution in [0.5, 0.6) is 0 Å². The molecular weight excluding hydrogens is 158 g/mol. The molecule has 0 aliphatic heterocycles. The smallest absolute Gasteiger partial charge is 0.00645 e. The molecule has 0 aromatic carbocycles. The molecule has 1 heteroatoms. The fourth-order valence-corrected chi connectivity index (χ4v) is 1.79. The van der Waals surface area contributed by atoms with Gasteiger partial charge >= 0.3 is 0 Å². The average Bonchev–Trinajstić information content (AvgIpc) is 2.85. The van der Waals surface area contributed by atoms with Crippen molar-refractivity contribution in [3.8, 4) is 0 Å². The molecule has 1 aliphatic rings. The number of rotatable bonds is 6. The topological polar surface area (TPSA) is 3.24 Å². The summed E-state index contributed by atoms with van der Waals surface area (Å²) in [6.07, 6.45) is 4.25. The Hall–Kier alpha value is -0.0400. The zero-order chi connectivity index (χ0) is 9.84. The highest BCUT2D eigenvalue weighted by molar-refractivity contribution is 4.79. The molecule has 0 aromatic rings. The van der Waals surface area contributed by atoms with E-state index in [2.05, 4.69) is 32.6 Å². The lowest BCUT2D eigenvalue weighted by atomic mass is 10.1. The Morgan fingerprint density at radius 1 is 1.23 bits per heavy atom. The van der Waals surface area contributed by atoms with Crippen LogP contribution in [0.4, 0.5) is 0 Å². The van der Waals surface area contributed by atoms with Gasteiger partial charge in [0.1, 0.15) is 0 Å². The standard InChI is InChI=1S/C12H25N/c1-5-11(4)13(8-10(2)3)9-12-6-7-12/h10-12H,5-9H2,1-4H3. The number of hydrogen-bond donors (Lipinski definition) is 0. The van der Waals surface area contributed by atoms with Gasteiger partial charge in [0.15, 0.2) is 0 Å². The summed E-state index contributed by atoms with van der Waals surface area (Å²) in [6, 6.07) is 0.781. The first-order valence-corrected chi connectivity index (χ1v) is 5.87. The van der Waals surface area contributed by atoms with Crippen molar-refractivity contribution in [2.45, 2.75) is 53.0 Å². The van der Waals surface area contributed by atoms with E-state index < -0.39 is 0 Å². The Kier molecular flexibility index (Phi) is 4.24. The van der Waals surface area contributed by atoms with E-state index >= 15 is 0 Å². The summed E-state index contributed by atoms with van der Waals surface area (Å²) < 4.78 is 0. The third-order valence-electron chi connectivity index (χ3n) is 3.00. The van der Waals surface area contributed by atoms with Gasteiger partial charge in [0.25, 0.3) is 0 Å². The van der Waals surface area contributed by atoms with Crippen LogP contribution in [0.1, 0.15) is 47.0 Å². The molecule has 1 fully saturated rings. The van der Waals surface area contributed by atoms with E-state index in [1.807, 2.05) is 0 Å². The highest BCUT2D eigenvalue weighted by Gasteiger charge is 2.26. The molecule has 0 radical (unpaired) electrons. The Balaban J connectivity index is 2.32. The normalized spacial score (nSPS) is 19.8.